The highest BCUT2D eigenvalue weighted by Crippen LogP contribution is 2.13. The fourth-order valence-corrected chi connectivity index (χ4v) is 3.44. The van der Waals surface area contributed by atoms with Crippen molar-refractivity contribution < 1.29 is 8.42 Å². The van der Waals surface area contributed by atoms with E-state index in [1.165, 1.54) is 0 Å². The molecule has 4 nitrogen and oxygen atoms in total. The lowest BCUT2D eigenvalue weighted by Crippen LogP contribution is -2.51. The number of benzene rings is 1. The molecule has 1 aliphatic rings. The van der Waals surface area contributed by atoms with Crippen LogP contribution in [0.1, 0.15) is 19.8 Å². The van der Waals surface area contributed by atoms with Gasteiger partial charge in [-0.2, -0.15) is 0 Å². The van der Waals surface area contributed by atoms with Crippen LogP contribution in [0.15, 0.2) is 35.2 Å². The van der Waals surface area contributed by atoms with Crippen molar-refractivity contribution >= 4 is 22.4 Å². The normalized spacial score (nSPS) is 24.3. The van der Waals surface area contributed by atoms with E-state index in [0.29, 0.717) is 4.90 Å². The van der Waals surface area contributed by atoms with E-state index in [1.807, 2.05) is 13.0 Å². The molecule has 0 bridgehead atoms. The van der Waals surface area contributed by atoms with Gasteiger partial charge in [-0.3, -0.25) is 0 Å². The molecule has 1 fully saturated rings. The molecule has 1 aromatic carbocycles. The SMILES string of the molecule is CC1NCCCC1NS(=O)(=O)c1ccccc1.Cl. The van der Waals surface area contributed by atoms with E-state index < -0.39 is 10.0 Å². The third-order valence-electron chi connectivity index (χ3n) is 3.12. The van der Waals surface area contributed by atoms with Gasteiger partial charge < -0.3 is 5.32 Å². The van der Waals surface area contributed by atoms with E-state index in [1.54, 1.807) is 24.3 Å². The summed E-state index contributed by atoms with van der Waals surface area (Å²) in [7, 11) is -3.38. The second kappa shape index (κ2) is 6.52. The van der Waals surface area contributed by atoms with E-state index in [-0.39, 0.29) is 24.5 Å². The zero-order valence-corrected chi connectivity index (χ0v) is 11.9. The quantitative estimate of drug-likeness (QED) is 0.887. The molecule has 2 rings (SSSR count). The lowest BCUT2D eigenvalue weighted by atomic mass is 10.0. The monoisotopic (exact) mass is 290 g/mol. The number of piperidine rings is 1. The zero-order chi connectivity index (χ0) is 12.3. The van der Waals surface area contributed by atoms with Crippen LogP contribution in [0.2, 0.25) is 0 Å². The number of nitrogens with one attached hydrogen (secondary N) is 2. The molecule has 1 heterocycles. The molecular weight excluding hydrogens is 272 g/mol. The van der Waals surface area contributed by atoms with E-state index in [0.717, 1.165) is 19.4 Å². The van der Waals surface area contributed by atoms with Crippen molar-refractivity contribution in [3.05, 3.63) is 30.3 Å². The minimum atomic E-state index is -3.38. The number of halogens is 1. The second-order valence-corrected chi connectivity index (χ2v) is 6.14. The Kier molecular flexibility index (Phi) is 5.59. The summed E-state index contributed by atoms with van der Waals surface area (Å²) in [5.41, 5.74) is 0. The zero-order valence-electron chi connectivity index (χ0n) is 10.3. The summed E-state index contributed by atoms with van der Waals surface area (Å²) >= 11 is 0. The Balaban J connectivity index is 0.00000162. The molecular formula is C12H19ClN2O2S. The third kappa shape index (κ3) is 3.68. The number of hydrogen-bond donors (Lipinski definition) is 2. The van der Waals surface area contributed by atoms with Crippen molar-refractivity contribution in [1.29, 1.82) is 0 Å². The van der Waals surface area contributed by atoms with Crippen LogP contribution < -0.4 is 10.0 Å². The first-order valence-corrected chi connectivity index (χ1v) is 7.39. The van der Waals surface area contributed by atoms with Gasteiger partial charge >= 0.3 is 0 Å². The fourth-order valence-electron chi connectivity index (χ4n) is 2.07. The predicted molar refractivity (Wildman–Crippen MR) is 74.5 cm³/mol. The first-order chi connectivity index (χ1) is 8.09. The molecule has 1 aliphatic heterocycles. The van der Waals surface area contributed by atoms with Crippen LogP contribution in [0.5, 0.6) is 0 Å². The van der Waals surface area contributed by atoms with Gasteiger partial charge in [0.25, 0.3) is 0 Å². The Labute approximate surface area is 115 Å². The maximum atomic E-state index is 12.1. The Morgan fingerprint density at radius 1 is 1.28 bits per heavy atom. The Bertz CT molecular complexity index is 464. The van der Waals surface area contributed by atoms with Crippen LogP contribution in [0.4, 0.5) is 0 Å². The van der Waals surface area contributed by atoms with E-state index >= 15 is 0 Å². The number of rotatable bonds is 3. The van der Waals surface area contributed by atoms with Gasteiger partial charge in [-0.15, -0.1) is 12.4 Å². The van der Waals surface area contributed by atoms with Crippen LogP contribution >= 0.6 is 12.4 Å². The van der Waals surface area contributed by atoms with Crippen molar-refractivity contribution in [1.82, 2.24) is 10.0 Å². The topological polar surface area (TPSA) is 58.2 Å². The standard InChI is InChI=1S/C12H18N2O2S.ClH/c1-10-12(8-5-9-13-10)14-17(15,16)11-6-3-2-4-7-11;/h2-4,6-7,10,12-14H,5,8-9H2,1H3;1H. The van der Waals surface area contributed by atoms with E-state index in [2.05, 4.69) is 10.0 Å². The van der Waals surface area contributed by atoms with Crippen LogP contribution in [0, 0.1) is 0 Å². The molecule has 0 saturated carbocycles. The molecule has 0 aliphatic carbocycles. The largest absolute Gasteiger partial charge is 0.313 e. The average molecular weight is 291 g/mol. The van der Waals surface area contributed by atoms with Gasteiger partial charge in [0, 0.05) is 12.1 Å². The van der Waals surface area contributed by atoms with Crippen molar-refractivity contribution in [2.45, 2.75) is 36.7 Å². The van der Waals surface area contributed by atoms with Crippen LogP contribution in [-0.4, -0.2) is 27.0 Å². The van der Waals surface area contributed by atoms with Gasteiger partial charge in [0.15, 0.2) is 0 Å². The molecule has 0 spiro atoms. The maximum absolute atomic E-state index is 12.1. The first kappa shape index (κ1) is 15.4. The lowest BCUT2D eigenvalue weighted by Gasteiger charge is -2.30. The van der Waals surface area contributed by atoms with Crippen molar-refractivity contribution in [3.8, 4) is 0 Å². The highest BCUT2D eigenvalue weighted by molar-refractivity contribution is 7.89. The summed E-state index contributed by atoms with van der Waals surface area (Å²) in [6.45, 7) is 2.97. The number of sulfonamides is 1. The van der Waals surface area contributed by atoms with Gasteiger partial charge in [0.2, 0.25) is 10.0 Å². The molecule has 2 atom stereocenters. The first-order valence-electron chi connectivity index (χ1n) is 5.90. The lowest BCUT2D eigenvalue weighted by molar-refractivity contribution is 0.349. The fraction of sp³-hybridized carbons (Fsp3) is 0.500. The Hall–Kier alpha value is -0.620. The van der Waals surface area contributed by atoms with Crippen molar-refractivity contribution in [2.75, 3.05) is 6.54 Å². The third-order valence-corrected chi connectivity index (χ3v) is 4.63. The van der Waals surface area contributed by atoms with Gasteiger partial charge in [0.1, 0.15) is 0 Å². The highest BCUT2D eigenvalue weighted by atomic mass is 35.5. The highest BCUT2D eigenvalue weighted by Gasteiger charge is 2.26. The van der Waals surface area contributed by atoms with Gasteiger partial charge in [-0.05, 0) is 38.4 Å². The molecule has 2 unspecified atom stereocenters. The van der Waals surface area contributed by atoms with Crippen LogP contribution in [-0.2, 0) is 10.0 Å². The van der Waals surface area contributed by atoms with Crippen molar-refractivity contribution in [3.63, 3.8) is 0 Å². The van der Waals surface area contributed by atoms with Crippen LogP contribution in [0.3, 0.4) is 0 Å². The molecule has 2 N–H and O–H groups in total. The smallest absolute Gasteiger partial charge is 0.240 e. The molecule has 1 aromatic rings. The van der Waals surface area contributed by atoms with Gasteiger partial charge in [0.05, 0.1) is 4.90 Å². The molecule has 102 valence electrons. The maximum Gasteiger partial charge on any atom is 0.240 e. The molecule has 0 amide bonds. The minimum Gasteiger partial charge on any atom is -0.313 e. The van der Waals surface area contributed by atoms with Gasteiger partial charge in [-0.25, -0.2) is 13.1 Å². The van der Waals surface area contributed by atoms with E-state index in [4.69, 9.17) is 0 Å². The second-order valence-electron chi connectivity index (χ2n) is 4.43. The summed E-state index contributed by atoms with van der Waals surface area (Å²) in [4.78, 5) is 0.331. The summed E-state index contributed by atoms with van der Waals surface area (Å²) in [5, 5.41) is 3.28. The van der Waals surface area contributed by atoms with Crippen LogP contribution in [0.25, 0.3) is 0 Å². The Morgan fingerprint density at radius 3 is 2.56 bits per heavy atom. The van der Waals surface area contributed by atoms with E-state index in [9.17, 15) is 8.42 Å². The summed E-state index contributed by atoms with van der Waals surface area (Å²) < 4.78 is 27.0. The minimum absolute atomic E-state index is 0. The number of hydrogen-bond acceptors (Lipinski definition) is 3. The predicted octanol–water partition coefficient (Wildman–Crippen LogP) is 1.53. The average Bonchev–Trinajstić information content (AvgIpc) is 2.33. The molecule has 6 heteroatoms. The van der Waals surface area contributed by atoms with Gasteiger partial charge in [-0.1, -0.05) is 18.2 Å². The molecule has 18 heavy (non-hydrogen) atoms. The molecule has 0 radical (unpaired) electrons. The summed E-state index contributed by atoms with van der Waals surface area (Å²) in [6, 6.07) is 8.67. The summed E-state index contributed by atoms with van der Waals surface area (Å²) in [5.74, 6) is 0. The van der Waals surface area contributed by atoms with Crippen molar-refractivity contribution in [2.24, 2.45) is 0 Å². The molecule has 1 saturated heterocycles. The Morgan fingerprint density at radius 2 is 1.94 bits per heavy atom. The molecule has 0 aromatic heterocycles. The summed E-state index contributed by atoms with van der Waals surface area (Å²) in [6.07, 6.45) is 1.90.